The van der Waals surface area contributed by atoms with E-state index in [2.05, 4.69) is 30.1 Å². The van der Waals surface area contributed by atoms with Gasteiger partial charge in [-0.15, -0.1) is 0 Å². The number of H-pyrrole nitrogens is 1. The van der Waals surface area contributed by atoms with Crippen molar-refractivity contribution in [2.24, 2.45) is 0 Å². The lowest BCUT2D eigenvalue weighted by Crippen LogP contribution is -2.15. The summed E-state index contributed by atoms with van der Waals surface area (Å²) < 4.78 is 0. The number of nitrogens with one attached hydrogen (secondary N) is 1. The summed E-state index contributed by atoms with van der Waals surface area (Å²) in [5, 5.41) is 6.71. The summed E-state index contributed by atoms with van der Waals surface area (Å²) in [4.78, 5) is 16.8. The van der Waals surface area contributed by atoms with Crippen molar-refractivity contribution in [3.8, 4) is 22.6 Å². The maximum absolute atomic E-state index is 5.89. The van der Waals surface area contributed by atoms with Gasteiger partial charge in [0.1, 0.15) is 11.8 Å². The van der Waals surface area contributed by atoms with Crippen LogP contribution in [0.15, 0.2) is 42.7 Å². The van der Waals surface area contributed by atoms with Crippen molar-refractivity contribution in [1.82, 2.24) is 30.1 Å². The van der Waals surface area contributed by atoms with Gasteiger partial charge in [-0.1, -0.05) is 18.2 Å². The van der Waals surface area contributed by atoms with Gasteiger partial charge in [0.15, 0.2) is 19.5 Å². The fraction of sp³-hybridized carbons (Fsp3) is 0. The first-order valence-electron chi connectivity index (χ1n) is 6.86. The number of aromatic nitrogens is 6. The summed E-state index contributed by atoms with van der Waals surface area (Å²) in [6.07, 6.45) is 1.47. The topological polar surface area (TPSA) is 106 Å². The van der Waals surface area contributed by atoms with E-state index in [4.69, 9.17) is 13.6 Å². The average molecular weight is 299 g/mol. The van der Waals surface area contributed by atoms with E-state index in [1.165, 1.54) is 6.33 Å². The highest BCUT2D eigenvalue weighted by Crippen LogP contribution is 2.25. The highest BCUT2D eigenvalue weighted by molar-refractivity contribution is 6.29. The molecule has 0 unspecified atom stereocenters. The van der Waals surface area contributed by atoms with Crippen LogP contribution in [0.5, 0.6) is 0 Å². The second-order valence-corrected chi connectivity index (χ2v) is 4.95. The summed E-state index contributed by atoms with van der Waals surface area (Å²) in [5.74, 6) is 0.962. The molecule has 4 rings (SSSR count). The van der Waals surface area contributed by atoms with Crippen molar-refractivity contribution in [3.63, 3.8) is 0 Å². The summed E-state index contributed by atoms with van der Waals surface area (Å²) >= 11 is 0. The molecule has 0 bridgehead atoms. The fourth-order valence-electron chi connectivity index (χ4n) is 2.39. The van der Waals surface area contributed by atoms with Crippen LogP contribution >= 0.6 is 0 Å². The molecule has 8 heteroatoms. The van der Waals surface area contributed by atoms with Crippen LogP contribution in [0.2, 0.25) is 0 Å². The first-order chi connectivity index (χ1) is 11.2. The highest BCUT2D eigenvalue weighted by Gasteiger charge is 2.08. The Morgan fingerprint density at radius 2 is 1.87 bits per heavy atom. The van der Waals surface area contributed by atoms with Gasteiger partial charge in [-0.25, -0.2) is 19.9 Å². The predicted octanol–water partition coefficient (Wildman–Crippen LogP) is 0.853. The smallest absolute Gasteiger partial charge is 0.170 e. The molecule has 0 amide bonds. The van der Waals surface area contributed by atoms with Gasteiger partial charge in [0.2, 0.25) is 0 Å². The Bertz CT molecular complexity index is 998. The van der Waals surface area contributed by atoms with E-state index in [0.29, 0.717) is 16.9 Å². The van der Waals surface area contributed by atoms with Gasteiger partial charge in [-0.3, -0.25) is 5.10 Å². The zero-order valence-electron chi connectivity index (χ0n) is 11.9. The average Bonchev–Trinajstić information content (AvgIpc) is 3.09. The normalized spacial score (nSPS) is 11.0. The van der Waals surface area contributed by atoms with Gasteiger partial charge < -0.3 is 5.73 Å². The number of nitrogen functional groups attached to an aromatic ring is 1. The molecule has 2 radical (unpaired) electrons. The first-order valence-corrected chi connectivity index (χ1v) is 6.86. The van der Waals surface area contributed by atoms with E-state index in [0.717, 1.165) is 16.8 Å². The van der Waals surface area contributed by atoms with Crippen LogP contribution in [-0.2, 0) is 0 Å². The second-order valence-electron chi connectivity index (χ2n) is 4.95. The summed E-state index contributed by atoms with van der Waals surface area (Å²) in [5.41, 5.74) is 9.79. The van der Waals surface area contributed by atoms with Gasteiger partial charge in [-0.05, 0) is 18.2 Å². The fourth-order valence-corrected chi connectivity index (χ4v) is 2.39. The zero-order valence-corrected chi connectivity index (χ0v) is 11.9. The molecule has 0 saturated carbocycles. The maximum Gasteiger partial charge on any atom is 0.170 e. The third-order valence-electron chi connectivity index (χ3n) is 3.43. The SMILES string of the molecule is [B]c1nc(N)c2nc(-c3cccc(-c4ncn[nH]4)c3)ccc2n1. The minimum atomic E-state index is 0.136. The van der Waals surface area contributed by atoms with E-state index in [1.54, 1.807) is 0 Å². The van der Waals surface area contributed by atoms with E-state index in [-0.39, 0.29) is 11.5 Å². The summed E-state index contributed by atoms with van der Waals surface area (Å²) in [7, 11) is 5.60. The van der Waals surface area contributed by atoms with Crippen LogP contribution in [-0.4, -0.2) is 38.0 Å². The third kappa shape index (κ3) is 2.40. The van der Waals surface area contributed by atoms with Crippen LogP contribution < -0.4 is 11.5 Å². The lowest BCUT2D eigenvalue weighted by Gasteiger charge is -2.06. The Balaban J connectivity index is 1.85. The van der Waals surface area contributed by atoms with E-state index in [1.807, 2.05) is 36.4 Å². The number of benzene rings is 1. The molecule has 0 fully saturated rings. The molecule has 0 aliphatic rings. The minimum Gasteiger partial charge on any atom is -0.382 e. The van der Waals surface area contributed by atoms with Crippen molar-refractivity contribution in [3.05, 3.63) is 42.7 Å². The Kier molecular flexibility index (Phi) is 3.01. The molecule has 108 valence electrons. The van der Waals surface area contributed by atoms with Crippen LogP contribution in [0.3, 0.4) is 0 Å². The second kappa shape index (κ2) is 5.17. The molecule has 0 aliphatic carbocycles. The molecular formula is C15H10BN7. The van der Waals surface area contributed by atoms with Crippen molar-refractivity contribution >= 4 is 30.4 Å². The first kappa shape index (κ1) is 13.4. The lowest BCUT2D eigenvalue weighted by molar-refractivity contribution is 1.10. The molecule has 3 heterocycles. The van der Waals surface area contributed by atoms with Crippen LogP contribution in [0.4, 0.5) is 5.82 Å². The Morgan fingerprint density at radius 3 is 2.70 bits per heavy atom. The van der Waals surface area contributed by atoms with Crippen LogP contribution in [0.1, 0.15) is 0 Å². The lowest BCUT2D eigenvalue weighted by atomic mass is 10.1. The molecule has 0 atom stereocenters. The molecule has 4 aromatic rings. The van der Waals surface area contributed by atoms with E-state index in [9.17, 15) is 0 Å². The zero-order chi connectivity index (χ0) is 15.8. The van der Waals surface area contributed by atoms with E-state index >= 15 is 0 Å². The van der Waals surface area contributed by atoms with E-state index < -0.39 is 0 Å². The van der Waals surface area contributed by atoms with Crippen molar-refractivity contribution in [1.29, 1.82) is 0 Å². The molecule has 1 aromatic carbocycles. The molecule has 0 aliphatic heterocycles. The molecule has 0 saturated heterocycles. The number of fused-ring (bicyclic) bond motifs is 1. The standard InChI is InChI=1S/C15H10BN7/c16-15-21-11-5-4-10(20-12(11)13(17)22-15)8-2-1-3-9(6-8)14-18-7-19-23-14/h1-7H,(H2,17,21,22)(H,18,19,23). The van der Waals surface area contributed by atoms with Crippen LogP contribution in [0, 0.1) is 0 Å². The Labute approximate surface area is 132 Å². The number of hydrogen-bond donors (Lipinski definition) is 2. The Hall–Kier alpha value is -3.29. The monoisotopic (exact) mass is 299 g/mol. The number of hydrogen-bond acceptors (Lipinski definition) is 6. The van der Waals surface area contributed by atoms with Gasteiger partial charge in [0, 0.05) is 11.1 Å². The molecule has 3 aromatic heterocycles. The highest BCUT2D eigenvalue weighted by atomic mass is 15.2. The molecule has 0 spiro atoms. The molecule has 3 N–H and O–H groups in total. The number of anilines is 1. The van der Waals surface area contributed by atoms with Gasteiger partial charge >= 0.3 is 0 Å². The van der Waals surface area contributed by atoms with Crippen molar-refractivity contribution in [2.75, 3.05) is 5.73 Å². The summed E-state index contributed by atoms with van der Waals surface area (Å²) in [6.45, 7) is 0. The molecule has 7 nitrogen and oxygen atoms in total. The number of pyridine rings is 1. The van der Waals surface area contributed by atoms with Gasteiger partial charge in [-0.2, -0.15) is 5.10 Å². The van der Waals surface area contributed by atoms with Gasteiger partial charge in [0.05, 0.1) is 16.9 Å². The molecular weight excluding hydrogens is 289 g/mol. The molecule has 23 heavy (non-hydrogen) atoms. The number of nitrogens with two attached hydrogens (primary N) is 1. The third-order valence-corrected chi connectivity index (χ3v) is 3.43. The number of nitrogens with zero attached hydrogens (tertiary/aromatic N) is 5. The number of rotatable bonds is 2. The van der Waals surface area contributed by atoms with Crippen LogP contribution in [0.25, 0.3) is 33.7 Å². The maximum atomic E-state index is 5.89. The quantitative estimate of drug-likeness (QED) is 0.531. The summed E-state index contributed by atoms with van der Waals surface area (Å²) in [6, 6.07) is 11.5. The largest absolute Gasteiger partial charge is 0.382 e. The number of aromatic amines is 1. The Morgan fingerprint density at radius 1 is 1.00 bits per heavy atom. The predicted molar refractivity (Wildman–Crippen MR) is 87.9 cm³/mol. The minimum absolute atomic E-state index is 0.136. The van der Waals surface area contributed by atoms with Crippen molar-refractivity contribution < 1.29 is 0 Å². The van der Waals surface area contributed by atoms with Crippen molar-refractivity contribution in [2.45, 2.75) is 0 Å². The van der Waals surface area contributed by atoms with Gasteiger partial charge in [0.25, 0.3) is 0 Å².